The van der Waals surface area contributed by atoms with Crippen LogP contribution in [0.4, 0.5) is 8.78 Å². The molecule has 0 radical (unpaired) electrons. The van der Waals surface area contributed by atoms with E-state index in [2.05, 4.69) is 24.1 Å². The smallest absolute Gasteiger partial charge is 0.127 e. The summed E-state index contributed by atoms with van der Waals surface area (Å²) in [6.07, 6.45) is 3.64. The van der Waals surface area contributed by atoms with Gasteiger partial charge in [-0.05, 0) is 51.4 Å². The van der Waals surface area contributed by atoms with Crippen LogP contribution in [-0.4, -0.2) is 30.1 Å². The number of benzene rings is 1. The van der Waals surface area contributed by atoms with Crippen molar-refractivity contribution in [3.05, 3.63) is 35.4 Å². The molecular weight excluding hydrogens is 258 g/mol. The van der Waals surface area contributed by atoms with Crippen molar-refractivity contribution >= 4 is 0 Å². The zero-order valence-electron chi connectivity index (χ0n) is 12.3. The Hall–Kier alpha value is -1.00. The summed E-state index contributed by atoms with van der Waals surface area (Å²) < 4.78 is 27.0. The van der Waals surface area contributed by atoms with E-state index in [1.165, 1.54) is 31.0 Å². The second-order valence-electron chi connectivity index (χ2n) is 5.91. The van der Waals surface area contributed by atoms with Gasteiger partial charge < -0.3 is 5.32 Å². The lowest BCUT2D eigenvalue weighted by atomic mass is 10.0. The second-order valence-corrected chi connectivity index (χ2v) is 5.91. The lowest BCUT2D eigenvalue weighted by Gasteiger charge is -2.33. The number of piperidine rings is 1. The van der Waals surface area contributed by atoms with E-state index in [9.17, 15) is 8.78 Å². The van der Waals surface area contributed by atoms with Crippen LogP contribution >= 0.6 is 0 Å². The molecule has 1 unspecified atom stereocenters. The van der Waals surface area contributed by atoms with Gasteiger partial charge in [0.1, 0.15) is 11.6 Å². The largest absolute Gasteiger partial charge is 0.313 e. The topological polar surface area (TPSA) is 15.3 Å². The molecule has 1 N–H and O–H groups in total. The summed E-state index contributed by atoms with van der Waals surface area (Å²) in [6, 6.07) is 4.45. The molecule has 1 saturated heterocycles. The van der Waals surface area contributed by atoms with Crippen LogP contribution in [0.5, 0.6) is 0 Å². The van der Waals surface area contributed by atoms with Crippen LogP contribution in [0.15, 0.2) is 18.2 Å². The first-order valence-corrected chi connectivity index (χ1v) is 7.47. The minimum Gasteiger partial charge on any atom is -0.313 e. The van der Waals surface area contributed by atoms with Gasteiger partial charge in [-0.1, -0.05) is 6.42 Å². The number of halogens is 2. The van der Waals surface area contributed by atoms with Gasteiger partial charge in [0.15, 0.2) is 0 Å². The Morgan fingerprint density at radius 2 is 2.10 bits per heavy atom. The van der Waals surface area contributed by atoms with Crippen molar-refractivity contribution in [2.75, 3.05) is 13.1 Å². The van der Waals surface area contributed by atoms with Crippen LogP contribution in [0, 0.1) is 11.6 Å². The molecule has 0 amide bonds. The van der Waals surface area contributed by atoms with Gasteiger partial charge in [0.05, 0.1) is 0 Å². The summed E-state index contributed by atoms with van der Waals surface area (Å²) in [5.41, 5.74) is 0.439. The second kappa shape index (κ2) is 7.14. The number of hydrogen-bond acceptors (Lipinski definition) is 2. The number of rotatable bonds is 5. The van der Waals surface area contributed by atoms with Crippen molar-refractivity contribution in [3.8, 4) is 0 Å². The average molecular weight is 282 g/mol. The van der Waals surface area contributed by atoms with Gasteiger partial charge in [0.25, 0.3) is 0 Å². The Labute approximate surface area is 120 Å². The van der Waals surface area contributed by atoms with E-state index in [-0.39, 0.29) is 11.6 Å². The molecule has 2 rings (SSSR count). The number of nitrogens with zero attached hydrogens (tertiary/aromatic N) is 1. The van der Waals surface area contributed by atoms with Crippen LogP contribution in [0.25, 0.3) is 0 Å². The summed E-state index contributed by atoms with van der Waals surface area (Å²) in [6.45, 7) is 6.60. The lowest BCUT2D eigenvalue weighted by molar-refractivity contribution is 0.175. The Morgan fingerprint density at radius 1 is 1.30 bits per heavy atom. The maximum absolute atomic E-state index is 13.8. The summed E-state index contributed by atoms with van der Waals surface area (Å²) in [5.74, 6) is -0.699. The molecule has 20 heavy (non-hydrogen) atoms. The van der Waals surface area contributed by atoms with Crippen molar-refractivity contribution < 1.29 is 8.78 Å². The van der Waals surface area contributed by atoms with Gasteiger partial charge in [-0.3, -0.25) is 4.90 Å². The van der Waals surface area contributed by atoms with Crippen LogP contribution < -0.4 is 5.32 Å². The molecule has 4 heteroatoms. The Morgan fingerprint density at radius 3 is 2.75 bits per heavy atom. The van der Waals surface area contributed by atoms with Crippen molar-refractivity contribution in [3.63, 3.8) is 0 Å². The molecular formula is C16H24F2N2. The highest BCUT2D eigenvalue weighted by Gasteiger charge is 2.20. The standard InChI is InChI=1S/C16H24F2N2/c1-12(2)20(11-15-5-3-4-8-19-15)10-13-9-14(17)6-7-16(13)18/h6-7,9,12,15,19H,3-5,8,10-11H2,1-2H3. The van der Waals surface area contributed by atoms with Gasteiger partial charge in [0.2, 0.25) is 0 Å². The van der Waals surface area contributed by atoms with Crippen LogP contribution in [-0.2, 0) is 6.54 Å². The molecule has 0 aliphatic carbocycles. The molecule has 0 bridgehead atoms. The molecule has 0 aromatic heterocycles. The van der Waals surface area contributed by atoms with E-state index in [1.54, 1.807) is 0 Å². The van der Waals surface area contributed by atoms with Gasteiger partial charge in [-0.25, -0.2) is 8.78 Å². The number of hydrogen-bond donors (Lipinski definition) is 1. The minimum absolute atomic E-state index is 0.307. The van der Waals surface area contributed by atoms with E-state index >= 15 is 0 Å². The summed E-state index contributed by atoms with van der Waals surface area (Å²) in [4.78, 5) is 2.21. The van der Waals surface area contributed by atoms with E-state index < -0.39 is 0 Å². The third-order valence-electron chi connectivity index (χ3n) is 3.98. The molecule has 1 aliphatic rings. The van der Waals surface area contributed by atoms with Gasteiger partial charge in [-0.2, -0.15) is 0 Å². The minimum atomic E-state index is -0.374. The maximum Gasteiger partial charge on any atom is 0.127 e. The SMILES string of the molecule is CC(C)N(Cc1cc(F)ccc1F)CC1CCCCN1. The fraction of sp³-hybridized carbons (Fsp3) is 0.625. The first kappa shape index (κ1) is 15.4. The van der Waals surface area contributed by atoms with Crippen LogP contribution in [0.2, 0.25) is 0 Å². The fourth-order valence-electron chi connectivity index (χ4n) is 2.70. The molecule has 1 fully saturated rings. The van der Waals surface area contributed by atoms with E-state index in [0.717, 1.165) is 19.5 Å². The third kappa shape index (κ3) is 4.25. The Balaban J connectivity index is 2.02. The molecule has 1 aromatic rings. The van der Waals surface area contributed by atoms with E-state index in [0.29, 0.717) is 24.2 Å². The molecule has 0 saturated carbocycles. The summed E-state index contributed by atoms with van der Waals surface area (Å²) in [7, 11) is 0. The summed E-state index contributed by atoms with van der Waals surface area (Å²) >= 11 is 0. The zero-order valence-corrected chi connectivity index (χ0v) is 12.3. The van der Waals surface area contributed by atoms with Crippen molar-refractivity contribution in [2.24, 2.45) is 0 Å². The normalized spacial score (nSPS) is 19.8. The van der Waals surface area contributed by atoms with Crippen molar-refractivity contribution in [2.45, 2.75) is 51.7 Å². The molecule has 2 nitrogen and oxygen atoms in total. The maximum atomic E-state index is 13.8. The van der Waals surface area contributed by atoms with Crippen LogP contribution in [0.1, 0.15) is 38.7 Å². The lowest BCUT2D eigenvalue weighted by Crippen LogP contribution is -2.45. The van der Waals surface area contributed by atoms with Gasteiger partial charge in [0, 0.05) is 30.7 Å². The third-order valence-corrected chi connectivity index (χ3v) is 3.98. The predicted molar refractivity (Wildman–Crippen MR) is 77.5 cm³/mol. The Kier molecular flexibility index (Phi) is 5.49. The number of nitrogens with one attached hydrogen (secondary N) is 1. The average Bonchev–Trinajstić information content (AvgIpc) is 2.43. The highest BCUT2D eigenvalue weighted by molar-refractivity contribution is 5.18. The molecule has 1 aromatic carbocycles. The first-order valence-electron chi connectivity index (χ1n) is 7.47. The first-order chi connectivity index (χ1) is 9.56. The molecule has 1 atom stereocenters. The fourth-order valence-corrected chi connectivity index (χ4v) is 2.70. The van der Waals surface area contributed by atoms with Gasteiger partial charge in [-0.15, -0.1) is 0 Å². The molecule has 112 valence electrons. The Bertz CT molecular complexity index is 428. The summed E-state index contributed by atoms with van der Waals surface area (Å²) in [5, 5.41) is 3.51. The van der Waals surface area contributed by atoms with Crippen molar-refractivity contribution in [1.82, 2.24) is 10.2 Å². The van der Waals surface area contributed by atoms with E-state index in [4.69, 9.17) is 0 Å². The van der Waals surface area contributed by atoms with E-state index in [1.807, 2.05) is 0 Å². The van der Waals surface area contributed by atoms with Gasteiger partial charge >= 0.3 is 0 Å². The molecule has 1 heterocycles. The molecule has 1 aliphatic heterocycles. The van der Waals surface area contributed by atoms with Crippen molar-refractivity contribution in [1.29, 1.82) is 0 Å². The molecule has 0 spiro atoms. The highest BCUT2D eigenvalue weighted by Crippen LogP contribution is 2.16. The monoisotopic (exact) mass is 282 g/mol. The zero-order chi connectivity index (χ0) is 14.5. The quantitative estimate of drug-likeness (QED) is 0.891. The predicted octanol–water partition coefficient (Wildman–Crippen LogP) is 3.32. The van der Waals surface area contributed by atoms with Crippen LogP contribution in [0.3, 0.4) is 0 Å². The highest BCUT2D eigenvalue weighted by atomic mass is 19.1.